The van der Waals surface area contributed by atoms with Gasteiger partial charge in [-0.1, -0.05) is 18.2 Å². The molecule has 19 heavy (non-hydrogen) atoms. The number of aliphatic imine (C=N–C) groups is 1. The molecule has 0 fully saturated rings. The number of nitrogens with one attached hydrogen (secondary N) is 1. The zero-order chi connectivity index (χ0) is 13.7. The Morgan fingerprint density at radius 1 is 1.16 bits per heavy atom. The fourth-order valence-corrected chi connectivity index (χ4v) is 1.69. The summed E-state index contributed by atoms with van der Waals surface area (Å²) in [6.45, 7) is 1.84. The molecule has 2 aromatic rings. The number of aryl methyl sites for hydroxylation is 1. The minimum atomic E-state index is -0.171. The van der Waals surface area contributed by atoms with Gasteiger partial charge in [0, 0.05) is 11.3 Å². The largest absolute Gasteiger partial charge is 0.322 e. The third-order valence-electron chi connectivity index (χ3n) is 2.67. The highest BCUT2D eigenvalue weighted by atomic mass is 16.1. The van der Waals surface area contributed by atoms with E-state index in [-0.39, 0.29) is 5.91 Å². The van der Waals surface area contributed by atoms with Crippen molar-refractivity contribution in [1.29, 1.82) is 0 Å². The molecule has 0 saturated heterocycles. The third-order valence-corrected chi connectivity index (χ3v) is 2.67. The number of nitrogens with zero attached hydrogens (tertiary/aromatic N) is 1. The molecule has 0 spiro atoms. The summed E-state index contributed by atoms with van der Waals surface area (Å²) in [5.74, 6) is -0.171. The van der Waals surface area contributed by atoms with Crippen molar-refractivity contribution in [1.82, 2.24) is 0 Å². The van der Waals surface area contributed by atoms with Gasteiger partial charge >= 0.3 is 0 Å². The van der Waals surface area contributed by atoms with Gasteiger partial charge in [-0.2, -0.15) is 4.99 Å². The van der Waals surface area contributed by atoms with Gasteiger partial charge in [0.15, 0.2) is 0 Å². The summed E-state index contributed by atoms with van der Waals surface area (Å²) < 4.78 is 0. The Morgan fingerprint density at radius 2 is 1.89 bits per heavy atom. The van der Waals surface area contributed by atoms with E-state index in [9.17, 15) is 9.59 Å². The minimum absolute atomic E-state index is 0.171. The first kappa shape index (κ1) is 12.7. The van der Waals surface area contributed by atoms with Gasteiger partial charge in [0.2, 0.25) is 6.08 Å². The summed E-state index contributed by atoms with van der Waals surface area (Å²) in [5, 5.41) is 2.82. The van der Waals surface area contributed by atoms with E-state index < -0.39 is 0 Å². The average molecular weight is 252 g/mol. The normalized spacial score (nSPS) is 9.53. The van der Waals surface area contributed by atoms with Gasteiger partial charge in [-0.25, -0.2) is 4.79 Å². The van der Waals surface area contributed by atoms with Crippen molar-refractivity contribution in [3.8, 4) is 0 Å². The number of rotatable bonds is 3. The maximum Gasteiger partial charge on any atom is 0.255 e. The lowest BCUT2D eigenvalue weighted by molar-refractivity contribution is 0.102. The Labute approximate surface area is 110 Å². The topological polar surface area (TPSA) is 58.5 Å². The van der Waals surface area contributed by atoms with Crippen LogP contribution in [0.1, 0.15) is 15.9 Å². The quantitative estimate of drug-likeness (QED) is 0.673. The standard InChI is InChI=1S/C15H12N2O2/c1-11-9-13(16-10-18)7-8-14(11)17-15(19)12-5-3-2-4-6-12/h2-9H,1H3,(H,17,19). The molecule has 0 saturated carbocycles. The van der Waals surface area contributed by atoms with Gasteiger partial charge in [-0.05, 0) is 42.8 Å². The molecule has 1 amide bonds. The van der Waals surface area contributed by atoms with E-state index in [1.54, 1.807) is 30.3 Å². The Bertz CT molecular complexity index is 644. The van der Waals surface area contributed by atoms with E-state index in [4.69, 9.17) is 0 Å². The van der Waals surface area contributed by atoms with Crippen LogP contribution in [0.25, 0.3) is 0 Å². The molecule has 0 heterocycles. The van der Waals surface area contributed by atoms with E-state index in [2.05, 4.69) is 10.3 Å². The van der Waals surface area contributed by atoms with Crippen LogP contribution in [-0.4, -0.2) is 12.0 Å². The van der Waals surface area contributed by atoms with Crippen LogP contribution < -0.4 is 5.32 Å². The molecule has 0 bridgehead atoms. The molecule has 0 atom stereocenters. The number of carbonyl (C=O) groups is 1. The zero-order valence-corrected chi connectivity index (χ0v) is 10.4. The number of hydrogen-bond donors (Lipinski definition) is 1. The number of hydrogen-bond acceptors (Lipinski definition) is 3. The van der Waals surface area contributed by atoms with Crippen LogP contribution in [0.5, 0.6) is 0 Å². The van der Waals surface area contributed by atoms with Crippen molar-refractivity contribution in [3.63, 3.8) is 0 Å². The minimum Gasteiger partial charge on any atom is -0.322 e. The van der Waals surface area contributed by atoms with Crippen LogP contribution in [-0.2, 0) is 4.79 Å². The van der Waals surface area contributed by atoms with E-state index in [0.29, 0.717) is 16.9 Å². The first-order chi connectivity index (χ1) is 9.20. The predicted molar refractivity (Wildman–Crippen MR) is 73.4 cm³/mol. The van der Waals surface area contributed by atoms with Crippen molar-refractivity contribution >= 4 is 23.4 Å². The molecule has 0 aliphatic carbocycles. The van der Waals surface area contributed by atoms with Crippen LogP contribution in [0.2, 0.25) is 0 Å². The second kappa shape index (κ2) is 5.76. The Morgan fingerprint density at radius 3 is 2.53 bits per heavy atom. The van der Waals surface area contributed by atoms with Crippen LogP contribution in [0.3, 0.4) is 0 Å². The van der Waals surface area contributed by atoms with Gasteiger partial charge in [0.05, 0.1) is 5.69 Å². The van der Waals surface area contributed by atoms with E-state index in [1.165, 1.54) is 6.08 Å². The summed E-state index contributed by atoms with van der Waals surface area (Å²) in [7, 11) is 0. The molecular weight excluding hydrogens is 240 g/mol. The molecular formula is C15H12N2O2. The van der Waals surface area contributed by atoms with Crippen LogP contribution in [0.4, 0.5) is 11.4 Å². The lowest BCUT2D eigenvalue weighted by atomic mass is 10.1. The molecule has 0 aliphatic heterocycles. The lowest BCUT2D eigenvalue weighted by Crippen LogP contribution is -2.12. The van der Waals surface area contributed by atoms with Crippen LogP contribution in [0.15, 0.2) is 53.5 Å². The summed E-state index contributed by atoms with van der Waals surface area (Å²) in [6, 6.07) is 14.0. The predicted octanol–water partition coefficient (Wildman–Crippen LogP) is 3.21. The number of benzene rings is 2. The molecule has 0 unspecified atom stereocenters. The number of amides is 1. The number of carbonyl (C=O) groups excluding carboxylic acids is 2. The van der Waals surface area contributed by atoms with Gasteiger partial charge in [0.1, 0.15) is 0 Å². The van der Waals surface area contributed by atoms with E-state index in [1.807, 2.05) is 25.1 Å². The number of isocyanates is 1. The van der Waals surface area contributed by atoms with Crippen molar-refractivity contribution in [3.05, 3.63) is 59.7 Å². The fraction of sp³-hybridized carbons (Fsp3) is 0.0667. The van der Waals surface area contributed by atoms with Gasteiger partial charge in [-0.3, -0.25) is 4.79 Å². The van der Waals surface area contributed by atoms with Crippen molar-refractivity contribution < 1.29 is 9.59 Å². The average Bonchev–Trinajstić information content (AvgIpc) is 2.43. The van der Waals surface area contributed by atoms with Crippen LogP contribution >= 0.6 is 0 Å². The van der Waals surface area contributed by atoms with E-state index >= 15 is 0 Å². The summed E-state index contributed by atoms with van der Waals surface area (Å²) in [6.07, 6.45) is 1.48. The highest BCUT2D eigenvalue weighted by Gasteiger charge is 2.07. The molecule has 2 rings (SSSR count). The van der Waals surface area contributed by atoms with E-state index in [0.717, 1.165) is 5.56 Å². The first-order valence-corrected chi connectivity index (χ1v) is 5.75. The summed E-state index contributed by atoms with van der Waals surface area (Å²) >= 11 is 0. The molecule has 2 aromatic carbocycles. The summed E-state index contributed by atoms with van der Waals surface area (Å²) in [5.41, 5.74) is 2.64. The molecule has 4 heteroatoms. The fourth-order valence-electron chi connectivity index (χ4n) is 1.69. The first-order valence-electron chi connectivity index (χ1n) is 5.75. The second-order valence-electron chi connectivity index (χ2n) is 4.02. The maximum atomic E-state index is 12.0. The monoisotopic (exact) mass is 252 g/mol. The molecule has 1 N–H and O–H groups in total. The molecule has 0 radical (unpaired) electrons. The second-order valence-corrected chi connectivity index (χ2v) is 4.02. The molecule has 0 aromatic heterocycles. The third kappa shape index (κ3) is 3.15. The van der Waals surface area contributed by atoms with Gasteiger partial charge in [0.25, 0.3) is 5.91 Å². The highest BCUT2D eigenvalue weighted by Crippen LogP contribution is 2.21. The maximum absolute atomic E-state index is 12.0. The lowest BCUT2D eigenvalue weighted by Gasteiger charge is -2.08. The molecule has 4 nitrogen and oxygen atoms in total. The van der Waals surface area contributed by atoms with Crippen molar-refractivity contribution in [2.24, 2.45) is 4.99 Å². The smallest absolute Gasteiger partial charge is 0.255 e. The highest BCUT2D eigenvalue weighted by molar-refractivity contribution is 6.04. The Balaban J connectivity index is 2.20. The Hall–Kier alpha value is -2.71. The van der Waals surface area contributed by atoms with Crippen LogP contribution in [0, 0.1) is 6.92 Å². The van der Waals surface area contributed by atoms with Gasteiger partial charge < -0.3 is 5.32 Å². The van der Waals surface area contributed by atoms with Crippen molar-refractivity contribution in [2.45, 2.75) is 6.92 Å². The number of anilines is 1. The Kier molecular flexibility index (Phi) is 3.86. The van der Waals surface area contributed by atoms with Crippen molar-refractivity contribution in [2.75, 3.05) is 5.32 Å². The summed E-state index contributed by atoms with van der Waals surface area (Å²) in [4.78, 5) is 25.7. The SMILES string of the molecule is Cc1cc(N=C=O)ccc1NC(=O)c1ccccc1. The molecule has 94 valence electrons. The molecule has 0 aliphatic rings. The zero-order valence-electron chi connectivity index (χ0n) is 10.4. The van der Waals surface area contributed by atoms with Gasteiger partial charge in [-0.15, -0.1) is 0 Å².